The monoisotopic (exact) mass is 524 g/mol. The molecule has 4 rings (SSSR count). The third-order valence-corrected chi connectivity index (χ3v) is 6.69. The van der Waals surface area contributed by atoms with Crippen LogP contribution in [0.2, 0.25) is 0 Å². The molecule has 1 aromatic heterocycles. The zero-order valence-electron chi connectivity index (χ0n) is 19.8. The summed E-state index contributed by atoms with van der Waals surface area (Å²) in [5.74, 6) is -1.45. The molecule has 0 radical (unpaired) electrons. The van der Waals surface area contributed by atoms with Crippen molar-refractivity contribution in [2.24, 2.45) is 4.99 Å². The van der Waals surface area contributed by atoms with Crippen molar-refractivity contribution < 1.29 is 24.5 Å². The number of carbonyl (C=O) groups excluding carboxylic acids is 1. The zero-order valence-corrected chi connectivity index (χ0v) is 20.6. The average Bonchev–Trinajstić information content (AvgIpc) is 3.14. The van der Waals surface area contributed by atoms with Gasteiger partial charge >= 0.3 is 11.7 Å². The van der Waals surface area contributed by atoms with Crippen LogP contribution in [0.25, 0.3) is 6.08 Å². The molecule has 13 heteroatoms. The van der Waals surface area contributed by atoms with E-state index in [2.05, 4.69) is 4.99 Å². The number of nitrogens with zero attached hydrogens (tertiary/aromatic N) is 4. The van der Waals surface area contributed by atoms with Gasteiger partial charge in [-0.3, -0.25) is 29.6 Å². The summed E-state index contributed by atoms with van der Waals surface area (Å²) in [5.41, 5.74) is -0.241. The Bertz CT molecular complexity index is 1670. The van der Waals surface area contributed by atoms with E-state index in [1.807, 2.05) is 19.1 Å². The molecule has 0 amide bonds. The topological polar surface area (TPSA) is 167 Å². The number of hydrogen-bond donors (Lipinski definition) is 1. The van der Waals surface area contributed by atoms with Crippen molar-refractivity contribution >= 4 is 34.8 Å². The minimum atomic E-state index is -0.951. The fraction of sp³-hybridized carbons (Fsp3) is 0.208. The Hall–Kier alpha value is -4.65. The lowest BCUT2D eigenvalue weighted by Crippen LogP contribution is -2.39. The molecule has 1 aliphatic rings. The number of phenolic OH excluding ortho intramolecular Hbond substituents is 1. The highest BCUT2D eigenvalue weighted by molar-refractivity contribution is 7.07. The first-order valence-electron chi connectivity index (χ1n) is 11.0. The lowest BCUT2D eigenvalue weighted by Gasteiger charge is -2.24. The average molecular weight is 525 g/mol. The first-order chi connectivity index (χ1) is 17.5. The molecule has 0 unspecified atom stereocenters. The van der Waals surface area contributed by atoms with E-state index < -0.39 is 44.5 Å². The number of rotatable bonds is 6. The van der Waals surface area contributed by atoms with Gasteiger partial charge in [-0.2, -0.15) is 0 Å². The predicted octanol–water partition coefficient (Wildman–Crippen LogP) is 2.63. The number of aromatic hydroxyl groups is 1. The molecule has 2 heterocycles. The number of phenols is 1. The molecule has 0 saturated heterocycles. The number of thiazole rings is 1. The fourth-order valence-electron chi connectivity index (χ4n) is 3.98. The quantitative estimate of drug-likeness (QED) is 0.292. The summed E-state index contributed by atoms with van der Waals surface area (Å²) >= 11 is 0.918. The fourth-order valence-corrected chi connectivity index (χ4v) is 5.01. The van der Waals surface area contributed by atoms with Crippen LogP contribution in [-0.2, 0) is 9.53 Å². The number of benzene rings is 2. The van der Waals surface area contributed by atoms with Crippen molar-refractivity contribution in [2.45, 2.75) is 26.8 Å². The molecule has 190 valence electrons. The largest absolute Gasteiger partial charge is 0.502 e. The Morgan fingerprint density at radius 3 is 2.46 bits per heavy atom. The van der Waals surface area contributed by atoms with Gasteiger partial charge in [-0.05, 0) is 32.4 Å². The number of nitro benzene ring substituents is 2. The van der Waals surface area contributed by atoms with Crippen LogP contribution in [0.1, 0.15) is 36.6 Å². The third kappa shape index (κ3) is 4.63. The lowest BCUT2D eigenvalue weighted by molar-refractivity contribution is -0.394. The van der Waals surface area contributed by atoms with Crippen molar-refractivity contribution in [1.29, 1.82) is 0 Å². The van der Waals surface area contributed by atoms with Crippen molar-refractivity contribution in [2.75, 3.05) is 6.61 Å². The minimum absolute atomic E-state index is 0.00105. The molecule has 0 saturated carbocycles. The highest BCUT2D eigenvalue weighted by atomic mass is 32.1. The van der Waals surface area contributed by atoms with Crippen LogP contribution in [0.5, 0.6) is 5.75 Å². The molecule has 2 aromatic carbocycles. The predicted molar refractivity (Wildman–Crippen MR) is 133 cm³/mol. The van der Waals surface area contributed by atoms with Gasteiger partial charge in [-0.25, -0.2) is 9.79 Å². The summed E-state index contributed by atoms with van der Waals surface area (Å²) in [6.45, 7) is 5.30. The van der Waals surface area contributed by atoms with Crippen molar-refractivity contribution in [1.82, 2.24) is 4.57 Å². The molecular weight excluding hydrogens is 504 g/mol. The summed E-state index contributed by atoms with van der Waals surface area (Å²) in [6, 6.07) is 7.95. The molecule has 0 aliphatic carbocycles. The number of allylic oxidation sites excluding steroid dienone is 1. The number of aryl methyl sites for hydroxylation is 1. The second-order valence-corrected chi connectivity index (χ2v) is 9.14. The van der Waals surface area contributed by atoms with Gasteiger partial charge < -0.3 is 9.84 Å². The van der Waals surface area contributed by atoms with E-state index in [1.165, 1.54) is 4.57 Å². The third-order valence-electron chi connectivity index (χ3n) is 5.71. The van der Waals surface area contributed by atoms with Gasteiger partial charge in [0.1, 0.15) is 0 Å². The van der Waals surface area contributed by atoms with E-state index >= 15 is 0 Å². The number of ether oxygens (including phenoxy) is 1. The van der Waals surface area contributed by atoms with Crippen LogP contribution in [0.15, 0.2) is 57.5 Å². The molecule has 0 bridgehead atoms. The molecule has 1 aliphatic heterocycles. The Morgan fingerprint density at radius 1 is 1.19 bits per heavy atom. The van der Waals surface area contributed by atoms with Gasteiger partial charge in [0.15, 0.2) is 4.80 Å². The zero-order chi connectivity index (χ0) is 27.0. The molecule has 0 spiro atoms. The summed E-state index contributed by atoms with van der Waals surface area (Å²) in [5, 5.41) is 33.0. The van der Waals surface area contributed by atoms with Gasteiger partial charge in [-0.15, -0.1) is 0 Å². The van der Waals surface area contributed by atoms with Crippen LogP contribution >= 0.6 is 11.3 Å². The van der Waals surface area contributed by atoms with E-state index in [9.17, 15) is 34.9 Å². The van der Waals surface area contributed by atoms with Crippen LogP contribution in [0.3, 0.4) is 0 Å². The maximum Gasteiger partial charge on any atom is 0.338 e. The number of fused-ring (bicyclic) bond motifs is 1. The van der Waals surface area contributed by atoms with E-state index in [0.717, 1.165) is 29.0 Å². The molecule has 0 fully saturated rings. The number of nitro groups is 2. The van der Waals surface area contributed by atoms with Gasteiger partial charge in [0.05, 0.1) is 44.4 Å². The smallest absolute Gasteiger partial charge is 0.338 e. The van der Waals surface area contributed by atoms with Crippen molar-refractivity contribution in [3.8, 4) is 5.75 Å². The first kappa shape index (κ1) is 25.4. The van der Waals surface area contributed by atoms with E-state index in [-0.39, 0.29) is 27.1 Å². The van der Waals surface area contributed by atoms with Gasteiger partial charge in [0.2, 0.25) is 5.75 Å². The Balaban J connectivity index is 2.00. The van der Waals surface area contributed by atoms with Crippen LogP contribution in [-0.4, -0.2) is 32.1 Å². The highest BCUT2D eigenvalue weighted by Gasteiger charge is 2.33. The minimum Gasteiger partial charge on any atom is -0.502 e. The highest BCUT2D eigenvalue weighted by Crippen LogP contribution is 2.35. The maximum atomic E-state index is 13.6. The Morgan fingerprint density at radius 2 is 1.86 bits per heavy atom. The first-order valence-corrected chi connectivity index (χ1v) is 11.8. The van der Waals surface area contributed by atoms with E-state index in [4.69, 9.17) is 4.74 Å². The van der Waals surface area contributed by atoms with Gasteiger partial charge in [0.25, 0.3) is 11.2 Å². The summed E-state index contributed by atoms with van der Waals surface area (Å²) < 4.78 is 6.54. The maximum absolute atomic E-state index is 13.6. The summed E-state index contributed by atoms with van der Waals surface area (Å²) in [7, 11) is 0. The van der Waals surface area contributed by atoms with E-state index in [0.29, 0.717) is 17.3 Å². The Kier molecular flexibility index (Phi) is 6.72. The normalized spacial score (nSPS) is 15.2. The second-order valence-electron chi connectivity index (χ2n) is 8.13. The summed E-state index contributed by atoms with van der Waals surface area (Å²) in [4.78, 5) is 52.0. The van der Waals surface area contributed by atoms with E-state index in [1.54, 1.807) is 26.0 Å². The number of non-ortho nitro benzene ring substituents is 1. The van der Waals surface area contributed by atoms with Crippen molar-refractivity contribution in [3.05, 3.63) is 104 Å². The molecule has 1 atom stereocenters. The Labute approximate surface area is 212 Å². The summed E-state index contributed by atoms with van der Waals surface area (Å²) in [6.07, 6.45) is 1.13. The molecular formula is C24H20N4O8S. The number of esters is 1. The number of hydrogen-bond acceptors (Lipinski definition) is 10. The van der Waals surface area contributed by atoms with Gasteiger partial charge in [-0.1, -0.05) is 41.2 Å². The van der Waals surface area contributed by atoms with Crippen LogP contribution in [0.4, 0.5) is 11.4 Å². The molecule has 37 heavy (non-hydrogen) atoms. The molecule has 1 N–H and O–H groups in total. The van der Waals surface area contributed by atoms with Crippen molar-refractivity contribution in [3.63, 3.8) is 0 Å². The number of aromatic nitrogens is 1. The number of carbonyl (C=O) groups is 1. The standard InChI is InChI=1S/C24H20N4O8S/c1-4-36-23(31)19-13(3)25-24-26(20(19)14-7-5-12(2)6-8-14)22(30)18(37-24)10-15-9-16(27(32)33)11-17(21(15)29)28(34)35/h5-11,20,29H,4H2,1-3H3/b18-10+/t20-/m0/s1. The molecule has 3 aromatic rings. The van der Waals surface area contributed by atoms with Crippen LogP contribution < -0.4 is 14.9 Å². The SMILES string of the molecule is CCOC(=O)C1=C(C)N=c2s/c(=C/c3cc([N+](=O)[O-])cc([N+](=O)[O-])c3O)c(=O)n2[C@H]1c1ccc(C)cc1. The second kappa shape index (κ2) is 9.78. The lowest BCUT2D eigenvalue weighted by atomic mass is 9.95. The van der Waals surface area contributed by atoms with Gasteiger partial charge in [0, 0.05) is 11.6 Å². The molecule has 12 nitrogen and oxygen atoms in total. The van der Waals surface area contributed by atoms with Crippen LogP contribution in [0, 0.1) is 27.2 Å².